The van der Waals surface area contributed by atoms with Gasteiger partial charge in [0, 0.05) is 24.9 Å². The highest BCUT2D eigenvalue weighted by Crippen LogP contribution is 2.26. The zero-order valence-electron chi connectivity index (χ0n) is 10.2. The smallest absolute Gasteiger partial charge is 0.222 e. The molecule has 0 aliphatic carbocycles. The van der Waals surface area contributed by atoms with Gasteiger partial charge in [-0.15, -0.1) is 0 Å². The first-order chi connectivity index (χ1) is 9.31. The average molecular weight is 258 g/mol. The van der Waals surface area contributed by atoms with Gasteiger partial charge in [0.2, 0.25) is 5.95 Å². The topological polar surface area (TPSA) is 52.8 Å². The average Bonchev–Trinajstić information content (AvgIpc) is 2.83. The molecule has 0 radical (unpaired) electrons. The Labute approximate surface area is 108 Å². The minimum absolute atomic E-state index is 0.366. The largest absolute Gasteiger partial charge is 0.364 e. The van der Waals surface area contributed by atoms with E-state index in [1.807, 2.05) is 16.8 Å². The molecule has 0 aliphatic rings. The van der Waals surface area contributed by atoms with Crippen LogP contribution in [0.2, 0.25) is 0 Å². The third-order valence-electron chi connectivity index (χ3n) is 2.84. The Morgan fingerprint density at radius 3 is 2.95 bits per heavy atom. The molecule has 0 saturated heterocycles. The van der Waals surface area contributed by atoms with Gasteiger partial charge in [0.25, 0.3) is 0 Å². The number of fused-ring (bicyclic) bond motifs is 1. The lowest BCUT2D eigenvalue weighted by atomic mass is 10.1. The summed E-state index contributed by atoms with van der Waals surface area (Å²) >= 11 is 0. The second-order valence-electron chi connectivity index (χ2n) is 4.00. The van der Waals surface area contributed by atoms with Crippen LogP contribution in [0.25, 0.3) is 22.3 Å². The van der Waals surface area contributed by atoms with E-state index in [4.69, 9.17) is 4.74 Å². The number of rotatable bonds is 3. The predicted octanol–water partition coefficient (Wildman–Crippen LogP) is 2.24. The van der Waals surface area contributed by atoms with E-state index in [-0.39, 0.29) is 0 Å². The fourth-order valence-corrected chi connectivity index (χ4v) is 2.02. The molecule has 3 heterocycles. The summed E-state index contributed by atoms with van der Waals surface area (Å²) < 4.78 is 20.7. The monoisotopic (exact) mass is 258 g/mol. The van der Waals surface area contributed by atoms with Crippen molar-refractivity contribution in [1.82, 2.24) is 19.5 Å². The molecule has 0 spiro atoms. The van der Waals surface area contributed by atoms with Crippen LogP contribution >= 0.6 is 0 Å². The molecular weight excluding hydrogens is 247 g/mol. The van der Waals surface area contributed by atoms with Crippen molar-refractivity contribution in [2.24, 2.45) is 0 Å². The second kappa shape index (κ2) is 4.74. The van der Waals surface area contributed by atoms with Gasteiger partial charge in [-0.25, -0.2) is 15.0 Å². The molecule has 0 unspecified atom stereocenters. The fourth-order valence-electron chi connectivity index (χ4n) is 2.02. The number of methoxy groups -OCH3 is 1. The minimum Gasteiger partial charge on any atom is -0.364 e. The molecule has 3 aromatic rings. The number of halogens is 1. The molecule has 0 aromatic carbocycles. The van der Waals surface area contributed by atoms with Crippen molar-refractivity contribution in [2.75, 3.05) is 7.11 Å². The van der Waals surface area contributed by atoms with Gasteiger partial charge in [0.05, 0.1) is 11.3 Å². The van der Waals surface area contributed by atoms with Crippen molar-refractivity contribution in [3.63, 3.8) is 0 Å². The maximum atomic E-state index is 13.8. The first-order valence-corrected chi connectivity index (χ1v) is 5.71. The van der Waals surface area contributed by atoms with Crippen molar-refractivity contribution < 1.29 is 9.13 Å². The highest BCUT2D eigenvalue weighted by molar-refractivity contribution is 5.90. The molecule has 96 valence electrons. The molecule has 19 heavy (non-hydrogen) atoms. The van der Waals surface area contributed by atoms with Crippen LogP contribution in [0, 0.1) is 5.95 Å². The van der Waals surface area contributed by atoms with Crippen molar-refractivity contribution in [3.05, 3.63) is 42.9 Å². The van der Waals surface area contributed by atoms with Gasteiger partial charge in [0.15, 0.2) is 0 Å². The molecule has 3 aromatic heterocycles. The minimum atomic E-state index is -0.540. The summed E-state index contributed by atoms with van der Waals surface area (Å²) in [4.78, 5) is 12.0. The summed E-state index contributed by atoms with van der Waals surface area (Å²) in [5, 5.41) is 0.770. The van der Waals surface area contributed by atoms with Crippen LogP contribution in [0.5, 0.6) is 0 Å². The Morgan fingerprint density at radius 2 is 2.16 bits per heavy atom. The first-order valence-electron chi connectivity index (χ1n) is 5.71. The van der Waals surface area contributed by atoms with E-state index in [9.17, 15) is 4.39 Å². The molecule has 0 atom stereocenters. The van der Waals surface area contributed by atoms with E-state index in [2.05, 4.69) is 15.0 Å². The van der Waals surface area contributed by atoms with Crippen molar-refractivity contribution >= 4 is 11.0 Å². The molecule has 0 saturated carbocycles. The zero-order chi connectivity index (χ0) is 13.2. The molecule has 5 nitrogen and oxygen atoms in total. The van der Waals surface area contributed by atoms with Gasteiger partial charge in [-0.1, -0.05) is 0 Å². The number of hydrogen-bond donors (Lipinski definition) is 0. The van der Waals surface area contributed by atoms with Gasteiger partial charge >= 0.3 is 0 Å². The maximum Gasteiger partial charge on any atom is 0.222 e. The number of pyridine rings is 1. The van der Waals surface area contributed by atoms with Crippen LogP contribution in [0.4, 0.5) is 4.39 Å². The van der Waals surface area contributed by atoms with Crippen LogP contribution in [0.15, 0.2) is 36.9 Å². The Balaban J connectivity index is 2.23. The predicted molar refractivity (Wildman–Crippen MR) is 67.7 cm³/mol. The van der Waals surface area contributed by atoms with Gasteiger partial charge in [-0.2, -0.15) is 4.39 Å². The molecule has 6 heteroatoms. The first kappa shape index (κ1) is 11.7. The Kier molecular flexibility index (Phi) is 2.92. The van der Waals surface area contributed by atoms with E-state index < -0.39 is 5.95 Å². The van der Waals surface area contributed by atoms with E-state index in [1.165, 1.54) is 12.5 Å². The summed E-state index contributed by atoms with van der Waals surface area (Å²) in [5.41, 5.74) is 1.60. The maximum absolute atomic E-state index is 13.8. The standard InChI is InChI=1S/C13H11FN4O/c1-19-8-18-6-4-10-11(16-7-17-13(10)18)9-3-2-5-15-12(9)14/h2-7H,8H2,1H3. The lowest BCUT2D eigenvalue weighted by molar-refractivity contribution is 0.134. The number of hydrogen-bond acceptors (Lipinski definition) is 4. The third kappa shape index (κ3) is 1.96. The molecule has 0 bridgehead atoms. The SMILES string of the molecule is COCn1ccc2c(-c3cccnc3F)ncnc21. The van der Waals surface area contributed by atoms with E-state index in [0.29, 0.717) is 23.6 Å². The molecule has 0 amide bonds. The number of ether oxygens (including phenoxy) is 1. The number of aromatic nitrogens is 4. The van der Waals surface area contributed by atoms with Crippen molar-refractivity contribution in [2.45, 2.75) is 6.73 Å². The second-order valence-corrected chi connectivity index (χ2v) is 4.00. The zero-order valence-corrected chi connectivity index (χ0v) is 10.2. The molecular formula is C13H11FN4O. The van der Waals surface area contributed by atoms with Gasteiger partial charge < -0.3 is 9.30 Å². The van der Waals surface area contributed by atoms with Crippen LogP contribution in [-0.2, 0) is 11.5 Å². The van der Waals surface area contributed by atoms with Crippen molar-refractivity contribution in [1.29, 1.82) is 0 Å². The quantitative estimate of drug-likeness (QED) is 0.676. The van der Waals surface area contributed by atoms with Crippen LogP contribution < -0.4 is 0 Å². The molecule has 0 N–H and O–H groups in total. The lowest BCUT2D eigenvalue weighted by Crippen LogP contribution is -2.00. The Morgan fingerprint density at radius 1 is 1.26 bits per heavy atom. The summed E-state index contributed by atoms with van der Waals surface area (Å²) in [6.07, 6.45) is 4.66. The van der Waals surface area contributed by atoms with Gasteiger partial charge in [0.1, 0.15) is 18.7 Å². The highest BCUT2D eigenvalue weighted by Gasteiger charge is 2.13. The molecule has 3 rings (SSSR count). The van der Waals surface area contributed by atoms with Crippen LogP contribution in [-0.4, -0.2) is 26.6 Å². The fraction of sp³-hybridized carbons (Fsp3) is 0.154. The normalized spacial score (nSPS) is 11.1. The summed E-state index contributed by atoms with van der Waals surface area (Å²) in [6.45, 7) is 0.384. The van der Waals surface area contributed by atoms with Crippen LogP contribution in [0.3, 0.4) is 0 Å². The Hall–Kier alpha value is -2.34. The third-order valence-corrected chi connectivity index (χ3v) is 2.84. The van der Waals surface area contributed by atoms with Gasteiger partial charge in [-0.3, -0.25) is 0 Å². The van der Waals surface area contributed by atoms with Crippen molar-refractivity contribution in [3.8, 4) is 11.3 Å². The molecule has 0 aliphatic heterocycles. The Bertz CT molecular complexity index is 725. The van der Waals surface area contributed by atoms with E-state index in [0.717, 1.165) is 5.39 Å². The van der Waals surface area contributed by atoms with E-state index >= 15 is 0 Å². The number of nitrogens with zero attached hydrogens (tertiary/aromatic N) is 4. The summed E-state index contributed by atoms with van der Waals surface area (Å²) in [5.74, 6) is -0.540. The van der Waals surface area contributed by atoms with E-state index in [1.54, 1.807) is 19.2 Å². The summed E-state index contributed by atoms with van der Waals surface area (Å²) in [7, 11) is 1.61. The summed E-state index contributed by atoms with van der Waals surface area (Å²) in [6, 6.07) is 5.17. The van der Waals surface area contributed by atoms with Crippen LogP contribution in [0.1, 0.15) is 0 Å². The highest BCUT2D eigenvalue weighted by atomic mass is 19.1. The molecule has 0 fully saturated rings. The van der Waals surface area contributed by atoms with Gasteiger partial charge in [-0.05, 0) is 18.2 Å². The lowest BCUT2D eigenvalue weighted by Gasteiger charge is -2.05.